The molecule has 24 heavy (non-hydrogen) atoms. The average Bonchev–Trinajstić information content (AvgIpc) is 2.98. The maximum atomic E-state index is 10.1. The van der Waals surface area contributed by atoms with Crippen molar-refractivity contribution in [3.63, 3.8) is 0 Å². The van der Waals surface area contributed by atoms with Crippen LogP contribution in [0.2, 0.25) is 0 Å². The molecule has 134 valence electrons. The smallest absolute Gasteiger partial charge is 0.161 e. The lowest BCUT2D eigenvalue weighted by Crippen LogP contribution is -2.42. The van der Waals surface area contributed by atoms with E-state index < -0.39 is 6.10 Å². The molecular weight excluding hydrogens is 306 g/mol. The second kappa shape index (κ2) is 9.06. The molecule has 1 aromatic carbocycles. The lowest BCUT2D eigenvalue weighted by atomic mass is 10.1. The summed E-state index contributed by atoms with van der Waals surface area (Å²) >= 11 is 0. The van der Waals surface area contributed by atoms with Crippen molar-refractivity contribution in [3.05, 3.63) is 35.9 Å². The van der Waals surface area contributed by atoms with E-state index in [-0.39, 0.29) is 6.04 Å². The molecule has 1 aliphatic heterocycles. The quantitative estimate of drug-likeness (QED) is 0.703. The van der Waals surface area contributed by atoms with Gasteiger partial charge in [-0.1, -0.05) is 19.6 Å². The molecule has 1 heterocycles. The van der Waals surface area contributed by atoms with Gasteiger partial charge in [-0.25, -0.2) is 0 Å². The van der Waals surface area contributed by atoms with Crippen molar-refractivity contribution < 1.29 is 19.3 Å². The van der Waals surface area contributed by atoms with Crippen molar-refractivity contribution in [2.24, 2.45) is 0 Å². The van der Waals surface area contributed by atoms with Gasteiger partial charge in [-0.2, -0.15) is 0 Å². The van der Waals surface area contributed by atoms with Crippen LogP contribution in [0.1, 0.15) is 26.3 Å². The Morgan fingerprint density at radius 1 is 1.29 bits per heavy atom. The zero-order chi connectivity index (χ0) is 17.5. The Labute approximate surface area is 144 Å². The Morgan fingerprint density at radius 3 is 2.67 bits per heavy atom. The van der Waals surface area contributed by atoms with E-state index in [9.17, 15) is 5.11 Å². The van der Waals surface area contributed by atoms with Gasteiger partial charge in [-0.15, -0.1) is 0 Å². The first-order chi connectivity index (χ1) is 11.5. The molecule has 2 rings (SSSR count). The highest BCUT2D eigenvalue weighted by Gasteiger charge is 2.30. The van der Waals surface area contributed by atoms with Crippen LogP contribution in [0.3, 0.4) is 0 Å². The molecule has 0 aromatic heterocycles. The zero-order valence-electron chi connectivity index (χ0n) is 15.0. The Balaban J connectivity index is 2.11. The van der Waals surface area contributed by atoms with Gasteiger partial charge in [-0.3, -0.25) is 4.90 Å². The summed E-state index contributed by atoms with van der Waals surface area (Å²) < 4.78 is 16.9. The predicted octanol–water partition coefficient (Wildman–Crippen LogP) is 2.62. The molecule has 1 N–H and O–H groups in total. The van der Waals surface area contributed by atoms with Crippen LogP contribution in [-0.2, 0) is 11.3 Å². The first kappa shape index (κ1) is 18.8. The van der Waals surface area contributed by atoms with E-state index in [1.165, 1.54) is 0 Å². The molecule has 1 aliphatic rings. The van der Waals surface area contributed by atoms with E-state index >= 15 is 0 Å². The summed E-state index contributed by atoms with van der Waals surface area (Å²) in [7, 11) is 0. The van der Waals surface area contributed by atoms with Crippen LogP contribution in [0.4, 0.5) is 0 Å². The van der Waals surface area contributed by atoms with Gasteiger partial charge in [0.2, 0.25) is 0 Å². The van der Waals surface area contributed by atoms with Crippen LogP contribution < -0.4 is 9.47 Å². The first-order valence-electron chi connectivity index (χ1n) is 8.57. The third-order valence-corrected chi connectivity index (χ3v) is 4.06. The fourth-order valence-electron chi connectivity index (χ4n) is 2.82. The first-order valence-corrected chi connectivity index (χ1v) is 8.57. The number of likely N-dealkylation sites (N-methyl/N-ethyl adjacent to an activating group) is 1. The molecule has 1 saturated heterocycles. The summed E-state index contributed by atoms with van der Waals surface area (Å²) in [6, 6.07) is 6.05. The van der Waals surface area contributed by atoms with Gasteiger partial charge in [0, 0.05) is 6.54 Å². The Hall–Kier alpha value is -1.56. The maximum absolute atomic E-state index is 10.1. The highest BCUT2D eigenvalue weighted by atomic mass is 16.5. The van der Waals surface area contributed by atoms with Crippen molar-refractivity contribution in [2.75, 3.05) is 33.0 Å². The monoisotopic (exact) mass is 335 g/mol. The minimum atomic E-state index is -0.422. The van der Waals surface area contributed by atoms with Gasteiger partial charge in [0.25, 0.3) is 0 Å². The van der Waals surface area contributed by atoms with E-state index in [2.05, 4.69) is 18.4 Å². The second-order valence-corrected chi connectivity index (χ2v) is 6.20. The molecule has 0 unspecified atom stereocenters. The second-order valence-electron chi connectivity index (χ2n) is 6.20. The molecule has 0 amide bonds. The molecule has 5 heteroatoms. The SMILES string of the molecule is C=C(C)COc1ccc(CN(CC)[C@@H]2COC[C@H]2O)cc1OCC. The summed E-state index contributed by atoms with van der Waals surface area (Å²) in [5.41, 5.74) is 2.09. The van der Waals surface area contributed by atoms with Gasteiger partial charge >= 0.3 is 0 Å². The fourth-order valence-corrected chi connectivity index (χ4v) is 2.82. The zero-order valence-corrected chi connectivity index (χ0v) is 15.0. The van der Waals surface area contributed by atoms with Crippen LogP contribution in [-0.4, -0.2) is 55.1 Å². The molecule has 1 fully saturated rings. The summed E-state index contributed by atoms with van der Waals surface area (Å²) in [6.07, 6.45) is -0.422. The molecule has 2 atom stereocenters. The van der Waals surface area contributed by atoms with Crippen molar-refractivity contribution in [2.45, 2.75) is 39.5 Å². The van der Waals surface area contributed by atoms with Gasteiger partial charge in [0.05, 0.1) is 32.0 Å². The van der Waals surface area contributed by atoms with Gasteiger partial charge in [0.15, 0.2) is 11.5 Å². The van der Waals surface area contributed by atoms with Crippen LogP contribution in [0, 0.1) is 0 Å². The molecule has 0 aliphatic carbocycles. The van der Waals surface area contributed by atoms with Crippen molar-refractivity contribution in [1.82, 2.24) is 4.90 Å². The van der Waals surface area contributed by atoms with Crippen molar-refractivity contribution >= 4 is 0 Å². The number of hydrogen-bond donors (Lipinski definition) is 1. The maximum Gasteiger partial charge on any atom is 0.161 e. The molecule has 0 saturated carbocycles. The van der Waals surface area contributed by atoms with E-state index in [0.717, 1.165) is 35.7 Å². The van der Waals surface area contributed by atoms with Crippen LogP contribution in [0.25, 0.3) is 0 Å². The van der Waals surface area contributed by atoms with Crippen molar-refractivity contribution in [3.8, 4) is 11.5 Å². The number of ether oxygens (including phenoxy) is 3. The third-order valence-electron chi connectivity index (χ3n) is 4.06. The number of rotatable bonds is 9. The summed E-state index contributed by atoms with van der Waals surface area (Å²) in [6.45, 7) is 13.5. The number of aliphatic hydroxyl groups is 1. The highest BCUT2D eigenvalue weighted by molar-refractivity contribution is 5.43. The molecular formula is C19H29NO4. The van der Waals surface area contributed by atoms with Crippen LogP contribution in [0.15, 0.2) is 30.4 Å². The topological polar surface area (TPSA) is 51.2 Å². The van der Waals surface area contributed by atoms with Gasteiger partial charge < -0.3 is 19.3 Å². The van der Waals surface area contributed by atoms with Gasteiger partial charge in [-0.05, 0) is 43.7 Å². The number of hydrogen-bond acceptors (Lipinski definition) is 5. The van der Waals surface area contributed by atoms with E-state index in [0.29, 0.717) is 26.4 Å². The van der Waals surface area contributed by atoms with E-state index in [4.69, 9.17) is 14.2 Å². The molecule has 0 spiro atoms. The minimum Gasteiger partial charge on any atom is -0.490 e. The lowest BCUT2D eigenvalue weighted by molar-refractivity contribution is 0.0807. The Morgan fingerprint density at radius 2 is 2.08 bits per heavy atom. The average molecular weight is 335 g/mol. The Bertz CT molecular complexity index is 546. The molecule has 5 nitrogen and oxygen atoms in total. The van der Waals surface area contributed by atoms with E-state index in [1.54, 1.807) is 0 Å². The van der Waals surface area contributed by atoms with Crippen molar-refractivity contribution in [1.29, 1.82) is 0 Å². The largest absolute Gasteiger partial charge is 0.490 e. The Kier molecular flexibility index (Phi) is 7.09. The fraction of sp³-hybridized carbons (Fsp3) is 0.579. The molecule has 0 radical (unpaired) electrons. The standard InChI is InChI=1S/C19H29NO4/c1-5-20(16-12-22-13-17(16)21)10-15-7-8-18(24-11-14(3)4)19(9-15)23-6-2/h7-9,16-17,21H,3,5-6,10-13H2,1-2,4H3/t16-,17-/m1/s1. The lowest BCUT2D eigenvalue weighted by Gasteiger charge is -2.28. The van der Waals surface area contributed by atoms with Crippen LogP contribution in [0.5, 0.6) is 11.5 Å². The normalized spacial score (nSPS) is 20.4. The van der Waals surface area contributed by atoms with Gasteiger partial charge in [0.1, 0.15) is 6.61 Å². The van der Waals surface area contributed by atoms with E-state index in [1.807, 2.05) is 32.0 Å². The number of aliphatic hydroxyl groups excluding tert-OH is 1. The number of benzene rings is 1. The molecule has 0 bridgehead atoms. The summed E-state index contributed by atoms with van der Waals surface area (Å²) in [5, 5.41) is 10.1. The summed E-state index contributed by atoms with van der Waals surface area (Å²) in [5.74, 6) is 1.48. The van der Waals surface area contributed by atoms with Crippen LogP contribution >= 0.6 is 0 Å². The highest BCUT2D eigenvalue weighted by Crippen LogP contribution is 2.30. The summed E-state index contributed by atoms with van der Waals surface area (Å²) in [4.78, 5) is 2.23. The minimum absolute atomic E-state index is 0.0462. The number of nitrogens with zero attached hydrogens (tertiary/aromatic N) is 1. The predicted molar refractivity (Wildman–Crippen MR) is 94.6 cm³/mol. The molecule has 1 aromatic rings. The third kappa shape index (κ3) is 4.97.